The number of nitriles is 1. The molecule has 0 unspecified atom stereocenters. The van der Waals surface area contributed by atoms with Crippen LogP contribution in [0.25, 0.3) is 0 Å². The standard InChI is InChI=1S/C11H14N2O2S2/c1-13(7-8-16-2)17(14,15)11-5-3-10(9-12)4-6-11/h3-6H,7-8H2,1-2H3. The van der Waals surface area contributed by atoms with E-state index >= 15 is 0 Å². The molecule has 0 N–H and O–H groups in total. The van der Waals surface area contributed by atoms with Gasteiger partial charge in [-0.1, -0.05) is 0 Å². The van der Waals surface area contributed by atoms with Crippen molar-refractivity contribution in [2.45, 2.75) is 4.90 Å². The van der Waals surface area contributed by atoms with Crippen LogP contribution in [0.2, 0.25) is 0 Å². The van der Waals surface area contributed by atoms with Gasteiger partial charge in [-0.25, -0.2) is 12.7 Å². The molecule has 4 nitrogen and oxygen atoms in total. The van der Waals surface area contributed by atoms with Gasteiger partial charge in [-0.3, -0.25) is 0 Å². The Bertz CT molecular complexity index is 503. The Labute approximate surface area is 106 Å². The van der Waals surface area contributed by atoms with E-state index < -0.39 is 10.0 Å². The molecule has 92 valence electrons. The van der Waals surface area contributed by atoms with E-state index in [4.69, 9.17) is 5.26 Å². The van der Waals surface area contributed by atoms with E-state index in [9.17, 15) is 8.42 Å². The number of hydrogen-bond donors (Lipinski definition) is 0. The first-order valence-corrected chi connectivity index (χ1v) is 7.81. The van der Waals surface area contributed by atoms with E-state index in [1.54, 1.807) is 18.8 Å². The summed E-state index contributed by atoms with van der Waals surface area (Å²) in [6, 6.07) is 7.90. The Balaban J connectivity index is 2.93. The molecule has 0 bridgehead atoms. The van der Waals surface area contributed by atoms with Crippen molar-refractivity contribution in [3.05, 3.63) is 29.8 Å². The number of nitrogens with zero attached hydrogens (tertiary/aromatic N) is 2. The molecule has 1 aromatic rings. The second-order valence-electron chi connectivity index (χ2n) is 3.46. The van der Waals surface area contributed by atoms with Crippen molar-refractivity contribution in [3.8, 4) is 6.07 Å². The lowest BCUT2D eigenvalue weighted by atomic mass is 10.2. The molecule has 0 amide bonds. The Morgan fingerprint density at radius 1 is 1.35 bits per heavy atom. The summed E-state index contributed by atoms with van der Waals surface area (Å²) in [7, 11) is -1.87. The van der Waals surface area contributed by atoms with Gasteiger partial charge in [0.25, 0.3) is 0 Å². The van der Waals surface area contributed by atoms with E-state index in [0.29, 0.717) is 12.1 Å². The third-order valence-corrected chi connectivity index (χ3v) is 4.76. The minimum atomic E-state index is -3.43. The molecule has 0 aromatic heterocycles. The van der Waals surface area contributed by atoms with Crippen molar-refractivity contribution in [1.29, 1.82) is 5.26 Å². The molecule has 0 aliphatic rings. The maximum absolute atomic E-state index is 12.1. The van der Waals surface area contributed by atoms with Crippen LogP contribution >= 0.6 is 11.8 Å². The second-order valence-corrected chi connectivity index (χ2v) is 6.49. The highest BCUT2D eigenvalue weighted by molar-refractivity contribution is 7.98. The fourth-order valence-corrected chi connectivity index (χ4v) is 2.96. The third-order valence-electron chi connectivity index (χ3n) is 2.30. The summed E-state index contributed by atoms with van der Waals surface area (Å²) in [5.41, 5.74) is 0.454. The Hall–Kier alpha value is -1.03. The van der Waals surface area contributed by atoms with E-state index in [1.807, 2.05) is 12.3 Å². The van der Waals surface area contributed by atoms with E-state index in [-0.39, 0.29) is 4.90 Å². The summed E-state index contributed by atoms with van der Waals surface area (Å²) in [6.07, 6.45) is 1.93. The molecular weight excluding hydrogens is 256 g/mol. The molecule has 1 rings (SSSR count). The molecule has 0 saturated carbocycles. The molecule has 0 atom stereocenters. The lowest BCUT2D eigenvalue weighted by molar-refractivity contribution is 0.488. The highest BCUT2D eigenvalue weighted by Crippen LogP contribution is 2.15. The van der Waals surface area contributed by atoms with Crippen molar-refractivity contribution in [1.82, 2.24) is 4.31 Å². The topological polar surface area (TPSA) is 61.2 Å². The maximum Gasteiger partial charge on any atom is 0.242 e. The predicted molar refractivity (Wildman–Crippen MR) is 69.4 cm³/mol. The summed E-state index contributed by atoms with van der Waals surface area (Å²) in [5.74, 6) is 0.756. The first-order valence-electron chi connectivity index (χ1n) is 4.98. The summed E-state index contributed by atoms with van der Waals surface area (Å²) in [6.45, 7) is 0.476. The molecule has 1 aromatic carbocycles. The molecule has 0 spiro atoms. The third kappa shape index (κ3) is 3.46. The Kier molecular flexibility index (Phi) is 5.00. The van der Waals surface area contributed by atoms with E-state index in [0.717, 1.165) is 5.75 Å². The first-order chi connectivity index (χ1) is 8.02. The van der Waals surface area contributed by atoms with Gasteiger partial charge in [-0.2, -0.15) is 17.0 Å². The quantitative estimate of drug-likeness (QED) is 0.814. The molecule has 17 heavy (non-hydrogen) atoms. The van der Waals surface area contributed by atoms with Crippen LogP contribution in [0.5, 0.6) is 0 Å². The fraction of sp³-hybridized carbons (Fsp3) is 0.364. The van der Waals surface area contributed by atoms with Crippen molar-refractivity contribution in [2.75, 3.05) is 25.6 Å². The lowest BCUT2D eigenvalue weighted by Gasteiger charge is -2.16. The molecule has 6 heteroatoms. The maximum atomic E-state index is 12.1. The normalized spacial score (nSPS) is 11.4. The average Bonchev–Trinajstić information content (AvgIpc) is 2.35. The van der Waals surface area contributed by atoms with Crippen LogP contribution in [0.3, 0.4) is 0 Å². The SMILES string of the molecule is CSCCN(C)S(=O)(=O)c1ccc(C#N)cc1. The molecule has 0 aliphatic heterocycles. The molecular formula is C11H14N2O2S2. The van der Waals surface area contributed by atoms with Gasteiger partial charge in [0, 0.05) is 19.3 Å². The number of hydrogen-bond acceptors (Lipinski definition) is 4. The Morgan fingerprint density at radius 2 is 1.94 bits per heavy atom. The van der Waals surface area contributed by atoms with E-state index in [2.05, 4.69) is 0 Å². The monoisotopic (exact) mass is 270 g/mol. The predicted octanol–water partition coefficient (Wildman–Crippen LogP) is 1.54. The number of rotatable bonds is 5. The summed E-state index contributed by atoms with van der Waals surface area (Å²) in [5, 5.41) is 8.64. The van der Waals surface area contributed by atoms with Gasteiger partial charge in [0.05, 0.1) is 16.5 Å². The Morgan fingerprint density at radius 3 is 2.41 bits per heavy atom. The highest BCUT2D eigenvalue weighted by atomic mass is 32.2. The first kappa shape index (κ1) is 14.0. The molecule has 0 radical (unpaired) electrons. The van der Waals surface area contributed by atoms with Crippen LogP contribution in [0.4, 0.5) is 0 Å². The molecule has 0 heterocycles. The summed E-state index contributed by atoms with van der Waals surface area (Å²) >= 11 is 1.60. The fourth-order valence-electron chi connectivity index (χ4n) is 1.22. The van der Waals surface area contributed by atoms with Crippen molar-refractivity contribution in [2.24, 2.45) is 0 Å². The van der Waals surface area contributed by atoms with Crippen LogP contribution in [-0.4, -0.2) is 38.3 Å². The zero-order chi connectivity index (χ0) is 12.9. The van der Waals surface area contributed by atoms with Crippen LogP contribution in [0.15, 0.2) is 29.2 Å². The van der Waals surface area contributed by atoms with Crippen molar-refractivity contribution >= 4 is 21.8 Å². The van der Waals surface area contributed by atoms with Gasteiger partial charge in [0.2, 0.25) is 10.0 Å². The van der Waals surface area contributed by atoms with Crippen LogP contribution in [0.1, 0.15) is 5.56 Å². The average molecular weight is 270 g/mol. The minimum Gasteiger partial charge on any atom is -0.207 e. The summed E-state index contributed by atoms with van der Waals surface area (Å²) in [4.78, 5) is 0.222. The van der Waals surface area contributed by atoms with Crippen molar-refractivity contribution in [3.63, 3.8) is 0 Å². The van der Waals surface area contributed by atoms with Gasteiger partial charge >= 0.3 is 0 Å². The summed E-state index contributed by atoms with van der Waals surface area (Å²) < 4.78 is 25.5. The van der Waals surface area contributed by atoms with Gasteiger partial charge in [0.1, 0.15) is 0 Å². The van der Waals surface area contributed by atoms with Crippen LogP contribution < -0.4 is 0 Å². The second kappa shape index (κ2) is 6.05. The zero-order valence-electron chi connectivity index (χ0n) is 9.75. The zero-order valence-corrected chi connectivity index (χ0v) is 11.4. The number of sulfonamides is 1. The largest absolute Gasteiger partial charge is 0.242 e. The minimum absolute atomic E-state index is 0.222. The van der Waals surface area contributed by atoms with Crippen molar-refractivity contribution < 1.29 is 8.42 Å². The van der Waals surface area contributed by atoms with Crippen LogP contribution in [-0.2, 0) is 10.0 Å². The van der Waals surface area contributed by atoms with Gasteiger partial charge in [-0.15, -0.1) is 0 Å². The van der Waals surface area contributed by atoms with Gasteiger partial charge < -0.3 is 0 Å². The molecule has 0 saturated heterocycles. The lowest BCUT2D eigenvalue weighted by Crippen LogP contribution is -2.29. The van der Waals surface area contributed by atoms with Gasteiger partial charge in [0.15, 0.2) is 0 Å². The number of thioether (sulfide) groups is 1. The molecule has 0 aliphatic carbocycles. The van der Waals surface area contributed by atoms with Crippen LogP contribution in [0, 0.1) is 11.3 Å². The smallest absolute Gasteiger partial charge is 0.207 e. The van der Waals surface area contributed by atoms with E-state index in [1.165, 1.54) is 28.6 Å². The molecule has 0 fully saturated rings. The highest BCUT2D eigenvalue weighted by Gasteiger charge is 2.19. The van der Waals surface area contributed by atoms with Gasteiger partial charge in [-0.05, 0) is 30.5 Å². The number of benzene rings is 1.